The number of nitriles is 1. The van der Waals surface area contributed by atoms with Crippen LogP contribution in [0.4, 0.5) is 5.69 Å². The molecule has 1 aliphatic heterocycles. The Morgan fingerprint density at radius 2 is 2.10 bits per heavy atom. The quantitative estimate of drug-likeness (QED) is 0.775. The van der Waals surface area contributed by atoms with E-state index in [1.165, 1.54) is 0 Å². The summed E-state index contributed by atoms with van der Waals surface area (Å²) in [6, 6.07) is 9.51. The van der Waals surface area contributed by atoms with E-state index in [9.17, 15) is 13.2 Å². The zero-order chi connectivity index (χ0) is 15.3. The Morgan fingerprint density at radius 3 is 2.86 bits per heavy atom. The van der Waals surface area contributed by atoms with Crippen LogP contribution < -0.4 is 4.90 Å². The number of nitrogens with zero attached hydrogens (tertiary/aromatic N) is 2. The number of unbranched alkanes of at least 4 members (excludes halogenated alkanes) is 1. The fourth-order valence-electron chi connectivity index (χ4n) is 2.50. The predicted octanol–water partition coefficient (Wildman–Crippen LogP) is 1.68. The molecule has 0 radical (unpaired) electrons. The maximum atomic E-state index is 12.3. The molecule has 0 aliphatic carbocycles. The molecular weight excluding hydrogens is 288 g/mol. The van der Waals surface area contributed by atoms with E-state index in [0.29, 0.717) is 6.54 Å². The van der Waals surface area contributed by atoms with Crippen molar-refractivity contribution in [3.05, 3.63) is 29.8 Å². The minimum absolute atomic E-state index is 0.109. The topological polar surface area (TPSA) is 78.2 Å². The number of para-hydroxylation sites is 1. The highest BCUT2D eigenvalue weighted by atomic mass is 32.2. The smallest absolute Gasteiger partial charge is 0.242 e. The van der Waals surface area contributed by atoms with Crippen LogP contribution in [0.25, 0.3) is 0 Å². The Bertz CT molecular complexity index is 662. The fraction of sp³-hybridized carbons (Fsp3) is 0.467. The number of anilines is 1. The number of fused-ring (bicyclic) bond motifs is 1. The molecule has 0 aromatic heterocycles. The molecule has 21 heavy (non-hydrogen) atoms. The molecule has 1 aliphatic rings. The third-order valence-corrected chi connectivity index (χ3v) is 5.10. The van der Waals surface area contributed by atoms with E-state index in [1.54, 1.807) is 4.90 Å². The van der Waals surface area contributed by atoms with Gasteiger partial charge in [-0.15, -0.1) is 0 Å². The van der Waals surface area contributed by atoms with Crippen LogP contribution in [0.3, 0.4) is 0 Å². The van der Waals surface area contributed by atoms with Gasteiger partial charge in [-0.1, -0.05) is 18.2 Å². The van der Waals surface area contributed by atoms with Gasteiger partial charge in [0.25, 0.3) is 0 Å². The van der Waals surface area contributed by atoms with Gasteiger partial charge in [-0.3, -0.25) is 4.79 Å². The molecule has 1 aromatic rings. The van der Waals surface area contributed by atoms with Gasteiger partial charge in [0, 0.05) is 18.7 Å². The van der Waals surface area contributed by atoms with E-state index in [2.05, 4.69) is 0 Å². The van der Waals surface area contributed by atoms with Gasteiger partial charge < -0.3 is 4.90 Å². The number of aryl methyl sites for hydroxylation is 1. The predicted molar refractivity (Wildman–Crippen MR) is 80.6 cm³/mol. The van der Waals surface area contributed by atoms with Crippen molar-refractivity contribution in [2.45, 2.75) is 25.7 Å². The van der Waals surface area contributed by atoms with Crippen LogP contribution in [0.5, 0.6) is 0 Å². The molecule has 0 fully saturated rings. The van der Waals surface area contributed by atoms with E-state index >= 15 is 0 Å². The first-order chi connectivity index (χ1) is 10.0. The third kappa shape index (κ3) is 4.05. The molecule has 1 amide bonds. The molecule has 0 saturated carbocycles. The van der Waals surface area contributed by atoms with Crippen LogP contribution in [0.1, 0.15) is 24.8 Å². The number of sulfone groups is 1. The van der Waals surface area contributed by atoms with Crippen molar-refractivity contribution in [2.24, 2.45) is 0 Å². The second-order valence-corrected chi connectivity index (χ2v) is 7.32. The molecule has 112 valence electrons. The Kier molecular flexibility index (Phi) is 4.97. The minimum atomic E-state index is -3.45. The van der Waals surface area contributed by atoms with Crippen LogP contribution in [-0.4, -0.2) is 32.4 Å². The number of carbonyl (C=O) groups is 1. The zero-order valence-electron chi connectivity index (χ0n) is 11.8. The van der Waals surface area contributed by atoms with E-state index in [4.69, 9.17) is 5.26 Å². The highest BCUT2D eigenvalue weighted by molar-refractivity contribution is 7.92. The van der Waals surface area contributed by atoms with Crippen molar-refractivity contribution in [1.29, 1.82) is 5.26 Å². The van der Waals surface area contributed by atoms with Crippen molar-refractivity contribution in [3.63, 3.8) is 0 Å². The molecule has 0 atom stereocenters. The molecule has 2 rings (SSSR count). The molecule has 0 spiro atoms. The van der Waals surface area contributed by atoms with Gasteiger partial charge in [0.2, 0.25) is 5.91 Å². The minimum Gasteiger partial charge on any atom is -0.311 e. The second kappa shape index (κ2) is 6.72. The van der Waals surface area contributed by atoms with Crippen molar-refractivity contribution < 1.29 is 13.2 Å². The zero-order valence-corrected chi connectivity index (χ0v) is 12.6. The van der Waals surface area contributed by atoms with Crippen molar-refractivity contribution >= 4 is 21.4 Å². The number of carbonyl (C=O) groups excluding carboxylic acids is 1. The summed E-state index contributed by atoms with van der Waals surface area (Å²) in [6.07, 6.45) is 2.23. The van der Waals surface area contributed by atoms with Gasteiger partial charge in [0.1, 0.15) is 5.75 Å². The molecule has 6 heteroatoms. The summed E-state index contributed by atoms with van der Waals surface area (Å²) < 4.78 is 23.8. The first kappa shape index (κ1) is 15.5. The molecule has 1 aromatic carbocycles. The molecule has 0 unspecified atom stereocenters. The van der Waals surface area contributed by atoms with Crippen LogP contribution >= 0.6 is 0 Å². The van der Waals surface area contributed by atoms with Crippen LogP contribution in [0.15, 0.2) is 24.3 Å². The molecule has 1 heterocycles. The molecular formula is C15H18N2O3S. The summed E-state index contributed by atoms with van der Waals surface area (Å²) in [5.41, 5.74) is 1.90. The first-order valence-corrected chi connectivity index (χ1v) is 8.81. The monoisotopic (exact) mass is 306 g/mol. The van der Waals surface area contributed by atoms with E-state index in [-0.39, 0.29) is 24.5 Å². The lowest BCUT2D eigenvalue weighted by molar-refractivity contribution is -0.116. The molecule has 5 nitrogen and oxygen atoms in total. The van der Waals surface area contributed by atoms with Crippen LogP contribution in [0, 0.1) is 11.3 Å². The second-order valence-electron chi connectivity index (χ2n) is 5.13. The SMILES string of the molecule is N#CCCCS(=O)(=O)CC(=O)N1CCCc2ccccc21. The van der Waals surface area contributed by atoms with Gasteiger partial charge in [-0.25, -0.2) is 8.42 Å². The van der Waals surface area contributed by atoms with Gasteiger partial charge in [-0.05, 0) is 30.9 Å². The number of hydrogen-bond donors (Lipinski definition) is 0. The Hall–Kier alpha value is -1.87. The first-order valence-electron chi connectivity index (χ1n) is 6.99. The summed E-state index contributed by atoms with van der Waals surface area (Å²) in [5, 5.41) is 8.44. The normalized spacial score (nSPS) is 14.3. The Morgan fingerprint density at radius 1 is 1.33 bits per heavy atom. The average molecular weight is 306 g/mol. The largest absolute Gasteiger partial charge is 0.311 e. The van der Waals surface area contributed by atoms with Crippen molar-refractivity contribution in [2.75, 3.05) is 23.0 Å². The van der Waals surface area contributed by atoms with Crippen molar-refractivity contribution in [1.82, 2.24) is 0 Å². The Balaban J connectivity index is 2.07. The van der Waals surface area contributed by atoms with Gasteiger partial charge in [0.05, 0.1) is 11.8 Å². The molecule has 0 saturated heterocycles. The third-order valence-electron chi connectivity index (χ3n) is 3.50. The maximum Gasteiger partial charge on any atom is 0.242 e. The summed E-state index contributed by atoms with van der Waals surface area (Å²) in [5.74, 6) is -0.965. The number of rotatable bonds is 5. The van der Waals surface area contributed by atoms with E-state index in [0.717, 1.165) is 24.1 Å². The van der Waals surface area contributed by atoms with Gasteiger partial charge in [-0.2, -0.15) is 5.26 Å². The number of benzene rings is 1. The molecule has 0 N–H and O–H groups in total. The summed E-state index contributed by atoms with van der Waals surface area (Å²) in [6.45, 7) is 0.559. The standard InChI is InChI=1S/C15H18N2O3S/c16-9-3-4-11-21(19,20)12-15(18)17-10-5-7-13-6-1-2-8-14(13)17/h1-2,6,8H,3-5,7,10-12H2. The van der Waals surface area contributed by atoms with Crippen molar-refractivity contribution in [3.8, 4) is 6.07 Å². The summed E-state index contributed by atoms with van der Waals surface area (Å²) >= 11 is 0. The van der Waals surface area contributed by atoms with Gasteiger partial charge >= 0.3 is 0 Å². The maximum absolute atomic E-state index is 12.3. The highest BCUT2D eigenvalue weighted by Gasteiger charge is 2.26. The van der Waals surface area contributed by atoms with Crippen LogP contribution in [0.2, 0.25) is 0 Å². The van der Waals surface area contributed by atoms with Gasteiger partial charge in [0.15, 0.2) is 9.84 Å². The fourth-order valence-corrected chi connectivity index (χ4v) is 3.76. The number of hydrogen-bond acceptors (Lipinski definition) is 4. The van der Waals surface area contributed by atoms with E-state index < -0.39 is 15.6 Å². The lowest BCUT2D eigenvalue weighted by Crippen LogP contribution is -2.39. The summed E-state index contributed by atoms with van der Waals surface area (Å²) in [7, 11) is -3.45. The lowest BCUT2D eigenvalue weighted by Gasteiger charge is -2.29. The molecule has 0 bridgehead atoms. The highest BCUT2D eigenvalue weighted by Crippen LogP contribution is 2.26. The lowest BCUT2D eigenvalue weighted by atomic mass is 10.0. The van der Waals surface area contributed by atoms with Crippen LogP contribution in [-0.2, 0) is 21.1 Å². The summed E-state index contributed by atoms with van der Waals surface area (Å²) in [4.78, 5) is 13.9. The van der Waals surface area contributed by atoms with E-state index in [1.807, 2.05) is 30.3 Å². The average Bonchev–Trinajstić information content (AvgIpc) is 2.46. The Labute approximate surface area is 125 Å². The number of amides is 1.